The fourth-order valence-corrected chi connectivity index (χ4v) is 2.28. The summed E-state index contributed by atoms with van der Waals surface area (Å²) in [6.45, 7) is 3.38. The lowest BCUT2D eigenvalue weighted by molar-refractivity contribution is -0.385. The van der Waals surface area contributed by atoms with Crippen molar-refractivity contribution in [1.29, 1.82) is 0 Å². The molecule has 19 heavy (non-hydrogen) atoms. The van der Waals surface area contributed by atoms with E-state index < -0.39 is 10.8 Å². The van der Waals surface area contributed by atoms with Gasteiger partial charge in [0.05, 0.1) is 10.5 Å². The van der Waals surface area contributed by atoms with Gasteiger partial charge in [-0.3, -0.25) is 14.9 Å². The largest absolute Gasteiger partial charge is 0.345 e. The van der Waals surface area contributed by atoms with Crippen LogP contribution in [0.4, 0.5) is 5.69 Å². The maximum absolute atomic E-state index is 12.2. The third kappa shape index (κ3) is 3.02. The van der Waals surface area contributed by atoms with Gasteiger partial charge >= 0.3 is 0 Å². The molecule has 102 valence electrons. The number of nitro groups is 1. The summed E-state index contributed by atoms with van der Waals surface area (Å²) in [4.78, 5) is 22.5. The first-order chi connectivity index (χ1) is 8.91. The number of benzene rings is 1. The number of hydrogen-bond acceptors (Lipinski definition) is 4. The van der Waals surface area contributed by atoms with E-state index in [1.165, 1.54) is 18.2 Å². The van der Waals surface area contributed by atoms with Crippen LogP contribution in [-0.4, -0.2) is 29.5 Å². The van der Waals surface area contributed by atoms with Crippen molar-refractivity contribution in [3.8, 4) is 0 Å². The Kier molecular flexibility index (Phi) is 3.73. The van der Waals surface area contributed by atoms with Gasteiger partial charge in [0.2, 0.25) is 0 Å². The maximum Gasteiger partial charge on any atom is 0.283 e. The number of amides is 1. The second-order valence-corrected chi connectivity index (χ2v) is 5.30. The normalized spacial score (nSPS) is 22.2. The van der Waals surface area contributed by atoms with E-state index in [0.29, 0.717) is 6.54 Å². The van der Waals surface area contributed by atoms with Crippen LogP contribution >= 0.6 is 11.6 Å². The number of halogens is 1. The van der Waals surface area contributed by atoms with Crippen LogP contribution in [0.15, 0.2) is 18.2 Å². The molecule has 1 fully saturated rings. The Labute approximate surface area is 115 Å². The van der Waals surface area contributed by atoms with Crippen molar-refractivity contribution < 1.29 is 9.72 Å². The van der Waals surface area contributed by atoms with Gasteiger partial charge in [-0.05, 0) is 32.0 Å². The minimum absolute atomic E-state index is 0.0301. The fraction of sp³-hybridized carbons (Fsp3) is 0.417. The number of nitro benzene ring substituents is 1. The summed E-state index contributed by atoms with van der Waals surface area (Å²) >= 11 is 5.72. The topological polar surface area (TPSA) is 84.3 Å². The molecular formula is C12H14ClN3O3. The molecule has 1 aliphatic rings. The molecule has 0 bridgehead atoms. The highest BCUT2D eigenvalue weighted by Gasteiger charge is 2.32. The highest BCUT2D eigenvalue weighted by atomic mass is 35.5. The van der Waals surface area contributed by atoms with Gasteiger partial charge in [-0.15, -0.1) is 0 Å². The molecule has 1 heterocycles. The summed E-state index contributed by atoms with van der Waals surface area (Å²) in [5, 5.41) is 17.2. The summed E-state index contributed by atoms with van der Waals surface area (Å²) in [6, 6.07) is 4.03. The van der Waals surface area contributed by atoms with Crippen molar-refractivity contribution in [3.63, 3.8) is 0 Å². The summed E-state index contributed by atoms with van der Waals surface area (Å²) in [5.74, 6) is -0.449. The Morgan fingerprint density at radius 1 is 1.58 bits per heavy atom. The number of carbonyl (C=O) groups is 1. The predicted molar refractivity (Wildman–Crippen MR) is 71.5 cm³/mol. The van der Waals surface area contributed by atoms with Crippen LogP contribution in [0.1, 0.15) is 23.7 Å². The lowest BCUT2D eigenvalue weighted by Crippen LogP contribution is -2.47. The second-order valence-electron chi connectivity index (χ2n) is 4.86. The summed E-state index contributed by atoms with van der Waals surface area (Å²) < 4.78 is 0. The predicted octanol–water partition coefficient (Wildman–Crippen LogP) is 1.73. The SMILES string of the molecule is CC1(NC(=O)c2ccc(Cl)cc2[N+](=O)[O-])CCNC1. The van der Waals surface area contributed by atoms with E-state index in [-0.39, 0.29) is 21.8 Å². The molecule has 2 rings (SSSR count). The van der Waals surface area contributed by atoms with E-state index in [1.807, 2.05) is 6.92 Å². The van der Waals surface area contributed by atoms with E-state index in [0.717, 1.165) is 13.0 Å². The van der Waals surface area contributed by atoms with Gasteiger partial charge in [0.1, 0.15) is 5.56 Å². The van der Waals surface area contributed by atoms with Gasteiger partial charge in [-0.1, -0.05) is 11.6 Å². The van der Waals surface area contributed by atoms with Crippen LogP contribution in [0.2, 0.25) is 5.02 Å². The van der Waals surface area contributed by atoms with Gasteiger partial charge in [0.15, 0.2) is 0 Å². The van der Waals surface area contributed by atoms with Crippen LogP contribution in [0.3, 0.4) is 0 Å². The van der Waals surface area contributed by atoms with Crippen molar-refractivity contribution in [3.05, 3.63) is 38.9 Å². The molecule has 0 spiro atoms. The van der Waals surface area contributed by atoms with Gasteiger partial charge in [-0.2, -0.15) is 0 Å². The first kappa shape index (κ1) is 13.8. The molecule has 6 nitrogen and oxygen atoms in total. The third-order valence-corrected chi connectivity index (χ3v) is 3.42. The molecule has 1 amide bonds. The van der Waals surface area contributed by atoms with Gasteiger partial charge in [0.25, 0.3) is 11.6 Å². The molecule has 0 aliphatic carbocycles. The van der Waals surface area contributed by atoms with Crippen LogP contribution in [0.5, 0.6) is 0 Å². The van der Waals surface area contributed by atoms with Crippen LogP contribution in [0, 0.1) is 10.1 Å². The number of carbonyl (C=O) groups excluding carboxylic acids is 1. The maximum atomic E-state index is 12.2. The zero-order chi connectivity index (χ0) is 14.0. The molecule has 1 atom stereocenters. The zero-order valence-corrected chi connectivity index (χ0v) is 11.2. The Balaban J connectivity index is 2.26. The highest BCUT2D eigenvalue weighted by molar-refractivity contribution is 6.31. The first-order valence-electron chi connectivity index (χ1n) is 5.88. The highest BCUT2D eigenvalue weighted by Crippen LogP contribution is 2.24. The van der Waals surface area contributed by atoms with Crippen molar-refractivity contribution in [2.75, 3.05) is 13.1 Å². The molecular weight excluding hydrogens is 270 g/mol. The number of nitrogens with zero attached hydrogens (tertiary/aromatic N) is 1. The zero-order valence-electron chi connectivity index (χ0n) is 10.4. The average molecular weight is 284 g/mol. The van der Waals surface area contributed by atoms with E-state index in [2.05, 4.69) is 10.6 Å². The Hall–Kier alpha value is -1.66. The van der Waals surface area contributed by atoms with Crippen LogP contribution < -0.4 is 10.6 Å². The van der Waals surface area contributed by atoms with Gasteiger partial charge in [0, 0.05) is 17.6 Å². The van der Waals surface area contributed by atoms with Crippen molar-refractivity contribution in [2.45, 2.75) is 18.9 Å². The van der Waals surface area contributed by atoms with Crippen LogP contribution in [-0.2, 0) is 0 Å². The molecule has 0 saturated carbocycles. The quantitative estimate of drug-likeness (QED) is 0.653. The molecule has 2 N–H and O–H groups in total. The lowest BCUT2D eigenvalue weighted by Gasteiger charge is -2.24. The molecule has 0 radical (unpaired) electrons. The minimum Gasteiger partial charge on any atom is -0.345 e. The molecule has 1 unspecified atom stereocenters. The monoisotopic (exact) mass is 283 g/mol. The molecule has 1 saturated heterocycles. The van der Waals surface area contributed by atoms with Crippen molar-refractivity contribution in [2.24, 2.45) is 0 Å². The Morgan fingerprint density at radius 2 is 2.32 bits per heavy atom. The molecule has 1 aliphatic heterocycles. The molecule has 1 aromatic carbocycles. The van der Waals surface area contributed by atoms with E-state index >= 15 is 0 Å². The van der Waals surface area contributed by atoms with Crippen molar-refractivity contribution >= 4 is 23.2 Å². The van der Waals surface area contributed by atoms with Crippen molar-refractivity contribution in [1.82, 2.24) is 10.6 Å². The smallest absolute Gasteiger partial charge is 0.283 e. The summed E-state index contributed by atoms with van der Waals surface area (Å²) in [6.07, 6.45) is 0.792. The van der Waals surface area contributed by atoms with Gasteiger partial charge in [-0.25, -0.2) is 0 Å². The third-order valence-electron chi connectivity index (χ3n) is 3.19. The molecule has 1 aromatic rings. The lowest BCUT2D eigenvalue weighted by atomic mass is 10.0. The summed E-state index contributed by atoms with van der Waals surface area (Å²) in [5.41, 5.74) is -0.619. The van der Waals surface area contributed by atoms with Gasteiger partial charge < -0.3 is 10.6 Å². The Morgan fingerprint density at radius 3 is 2.89 bits per heavy atom. The van der Waals surface area contributed by atoms with E-state index in [9.17, 15) is 14.9 Å². The fourth-order valence-electron chi connectivity index (χ4n) is 2.11. The molecule has 7 heteroatoms. The first-order valence-corrected chi connectivity index (χ1v) is 6.26. The summed E-state index contributed by atoms with van der Waals surface area (Å²) in [7, 11) is 0. The second kappa shape index (κ2) is 5.14. The standard InChI is InChI=1S/C12H14ClN3O3/c1-12(4-5-14-7-12)15-11(17)9-3-2-8(13)6-10(9)16(18)19/h2-3,6,14H,4-5,7H2,1H3,(H,15,17). The van der Waals surface area contributed by atoms with E-state index in [4.69, 9.17) is 11.6 Å². The van der Waals surface area contributed by atoms with E-state index in [1.54, 1.807) is 0 Å². The minimum atomic E-state index is -0.601. The Bertz CT molecular complexity index is 527. The number of rotatable bonds is 3. The van der Waals surface area contributed by atoms with Crippen LogP contribution in [0.25, 0.3) is 0 Å². The molecule has 0 aromatic heterocycles. The number of hydrogen-bond donors (Lipinski definition) is 2. The average Bonchev–Trinajstić information content (AvgIpc) is 2.75. The number of nitrogens with one attached hydrogen (secondary N) is 2.